The van der Waals surface area contributed by atoms with Crippen molar-refractivity contribution in [3.05, 3.63) is 18.3 Å². The van der Waals surface area contributed by atoms with Crippen molar-refractivity contribution in [2.24, 2.45) is 0 Å². The Labute approximate surface area is 111 Å². The lowest BCUT2D eigenvalue weighted by molar-refractivity contribution is -0.120. The molecule has 2 rings (SSSR count). The minimum absolute atomic E-state index is 0.0751. The highest BCUT2D eigenvalue weighted by Gasteiger charge is 2.24. The number of anilines is 1. The normalized spacial score (nSPS) is 15.0. The van der Waals surface area contributed by atoms with Gasteiger partial charge in [0, 0.05) is 25.4 Å². The highest BCUT2D eigenvalue weighted by Crippen LogP contribution is 2.18. The van der Waals surface area contributed by atoms with Crippen molar-refractivity contribution >= 4 is 21.7 Å². The Morgan fingerprint density at radius 3 is 2.84 bits per heavy atom. The van der Waals surface area contributed by atoms with Gasteiger partial charge in [0.05, 0.1) is 11.4 Å². The summed E-state index contributed by atoms with van der Waals surface area (Å²) in [4.78, 5) is 15.4. The topological polar surface area (TPSA) is 100 Å². The Hall–Kier alpha value is -1.67. The largest absolute Gasteiger partial charge is 0.373 e. The minimum Gasteiger partial charge on any atom is -0.373 e. The Bertz CT molecular complexity index is 569. The molecule has 1 aromatic heterocycles. The molecule has 1 saturated carbocycles. The van der Waals surface area contributed by atoms with Crippen LogP contribution in [0.3, 0.4) is 0 Å². The summed E-state index contributed by atoms with van der Waals surface area (Å²) in [6, 6.07) is 3.00. The molecule has 8 heteroatoms. The van der Waals surface area contributed by atoms with Gasteiger partial charge in [-0.05, 0) is 18.9 Å². The molecule has 0 spiro atoms. The number of amides is 1. The van der Waals surface area contributed by atoms with E-state index in [2.05, 4.69) is 20.3 Å². The number of carbonyl (C=O) groups is 1. The number of hydrogen-bond donors (Lipinski definition) is 3. The van der Waals surface area contributed by atoms with E-state index in [0.717, 1.165) is 12.8 Å². The van der Waals surface area contributed by atoms with Crippen molar-refractivity contribution in [3.8, 4) is 0 Å². The first-order valence-electron chi connectivity index (χ1n) is 5.94. The smallest absolute Gasteiger partial charge is 0.241 e. The molecule has 19 heavy (non-hydrogen) atoms. The number of aromatic nitrogens is 1. The molecule has 0 atom stereocenters. The molecule has 1 aliphatic carbocycles. The third kappa shape index (κ3) is 3.90. The van der Waals surface area contributed by atoms with Gasteiger partial charge < -0.3 is 10.6 Å². The second-order valence-corrected chi connectivity index (χ2v) is 6.06. The molecule has 0 aromatic carbocycles. The molecule has 3 N–H and O–H groups in total. The van der Waals surface area contributed by atoms with Crippen LogP contribution in [0.25, 0.3) is 0 Å². The molecular weight excluding hydrogens is 268 g/mol. The summed E-state index contributed by atoms with van der Waals surface area (Å²) in [6.07, 6.45) is 3.33. The fraction of sp³-hybridized carbons (Fsp3) is 0.455. The van der Waals surface area contributed by atoms with Gasteiger partial charge in [-0.3, -0.25) is 4.79 Å². The SMILES string of the molecule is CNc1cc(S(=O)(=O)NCC(=O)NC2CC2)ccn1. The van der Waals surface area contributed by atoms with Gasteiger partial charge >= 0.3 is 0 Å². The number of nitrogens with one attached hydrogen (secondary N) is 3. The van der Waals surface area contributed by atoms with Crippen LogP contribution in [0, 0.1) is 0 Å². The Kier molecular flexibility index (Phi) is 4.01. The third-order valence-electron chi connectivity index (χ3n) is 2.66. The summed E-state index contributed by atoms with van der Waals surface area (Å²) in [5, 5.41) is 5.47. The van der Waals surface area contributed by atoms with Crippen molar-refractivity contribution < 1.29 is 13.2 Å². The van der Waals surface area contributed by atoms with E-state index in [1.54, 1.807) is 7.05 Å². The van der Waals surface area contributed by atoms with Gasteiger partial charge in [0.25, 0.3) is 0 Å². The minimum atomic E-state index is -3.69. The zero-order chi connectivity index (χ0) is 13.9. The van der Waals surface area contributed by atoms with Gasteiger partial charge in [-0.25, -0.2) is 18.1 Å². The van der Waals surface area contributed by atoms with Gasteiger partial charge in [-0.15, -0.1) is 0 Å². The van der Waals surface area contributed by atoms with Crippen LogP contribution >= 0.6 is 0 Å². The third-order valence-corrected chi connectivity index (χ3v) is 4.06. The summed E-state index contributed by atoms with van der Waals surface area (Å²) in [5.74, 6) is 0.138. The molecule has 1 amide bonds. The Balaban J connectivity index is 1.98. The average Bonchev–Trinajstić information content (AvgIpc) is 3.20. The van der Waals surface area contributed by atoms with E-state index in [0.29, 0.717) is 5.82 Å². The van der Waals surface area contributed by atoms with Crippen molar-refractivity contribution in [1.29, 1.82) is 0 Å². The van der Waals surface area contributed by atoms with E-state index in [1.807, 2.05) is 0 Å². The first-order chi connectivity index (χ1) is 9.01. The predicted octanol–water partition coefficient (Wildman–Crippen LogP) is -0.320. The predicted molar refractivity (Wildman–Crippen MR) is 70.1 cm³/mol. The Morgan fingerprint density at radius 2 is 2.21 bits per heavy atom. The summed E-state index contributed by atoms with van der Waals surface area (Å²) in [7, 11) is -2.05. The molecule has 1 heterocycles. The zero-order valence-corrected chi connectivity index (χ0v) is 11.3. The highest BCUT2D eigenvalue weighted by molar-refractivity contribution is 7.89. The van der Waals surface area contributed by atoms with Gasteiger partial charge in [-0.2, -0.15) is 0 Å². The molecule has 1 aliphatic rings. The molecule has 1 fully saturated rings. The van der Waals surface area contributed by atoms with Crippen molar-refractivity contribution in [1.82, 2.24) is 15.0 Å². The van der Waals surface area contributed by atoms with Crippen LogP contribution in [0.2, 0.25) is 0 Å². The maximum absolute atomic E-state index is 12.0. The summed E-state index contributed by atoms with van der Waals surface area (Å²) in [5.41, 5.74) is 0. The number of carbonyl (C=O) groups excluding carboxylic acids is 1. The van der Waals surface area contributed by atoms with E-state index in [4.69, 9.17) is 0 Å². The monoisotopic (exact) mass is 284 g/mol. The maximum atomic E-state index is 12.0. The summed E-state index contributed by atoms with van der Waals surface area (Å²) in [6.45, 7) is -0.254. The lowest BCUT2D eigenvalue weighted by Crippen LogP contribution is -2.37. The molecule has 0 bridgehead atoms. The van der Waals surface area contributed by atoms with Crippen LogP contribution in [0.1, 0.15) is 12.8 Å². The maximum Gasteiger partial charge on any atom is 0.241 e. The molecular formula is C11H16N4O3S. The van der Waals surface area contributed by atoms with E-state index in [9.17, 15) is 13.2 Å². The number of hydrogen-bond acceptors (Lipinski definition) is 5. The molecule has 104 valence electrons. The lowest BCUT2D eigenvalue weighted by atomic mass is 10.5. The number of sulfonamides is 1. The molecule has 0 unspecified atom stereocenters. The quantitative estimate of drug-likeness (QED) is 0.665. The van der Waals surface area contributed by atoms with E-state index in [1.165, 1.54) is 18.3 Å². The van der Waals surface area contributed by atoms with Crippen molar-refractivity contribution in [2.45, 2.75) is 23.8 Å². The van der Waals surface area contributed by atoms with Crippen LogP contribution in [0.5, 0.6) is 0 Å². The lowest BCUT2D eigenvalue weighted by Gasteiger charge is -2.08. The number of nitrogens with zero attached hydrogens (tertiary/aromatic N) is 1. The summed E-state index contributed by atoms with van der Waals surface area (Å²) < 4.78 is 26.2. The number of rotatable bonds is 6. The molecule has 0 aliphatic heterocycles. The first kappa shape index (κ1) is 13.8. The van der Waals surface area contributed by atoms with E-state index in [-0.39, 0.29) is 23.4 Å². The zero-order valence-electron chi connectivity index (χ0n) is 10.5. The van der Waals surface area contributed by atoms with Crippen LogP contribution in [0.15, 0.2) is 23.2 Å². The van der Waals surface area contributed by atoms with E-state index >= 15 is 0 Å². The molecule has 0 radical (unpaired) electrons. The van der Waals surface area contributed by atoms with Crippen LogP contribution in [-0.2, 0) is 14.8 Å². The second kappa shape index (κ2) is 5.54. The van der Waals surface area contributed by atoms with Gasteiger partial charge in [-0.1, -0.05) is 0 Å². The van der Waals surface area contributed by atoms with E-state index < -0.39 is 10.0 Å². The van der Waals surface area contributed by atoms with Crippen LogP contribution in [-0.4, -0.2) is 38.9 Å². The average molecular weight is 284 g/mol. The molecule has 7 nitrogen and oxygen atoms in total. The fourth-order valence-electron chi connectivity index (χ4n) is 1.47. The Morgan fingerprint density at radius 1 is 1.47 bits per heavy atom. The molecule has 0 saturated heterocycles. The highest BCUT2D eigenvalue weighted by atomic mass is 32.2. The van der Waals surface area contributed by atoms with Crippen LogP contribution < -0.4 is 15.4 Å². The fourth-order valence-corrected chi connectivity index (χ4v) is 2.46. The summed E-state index contributed by atoms with van der Waals surface area (Å²) >= 11 is 0. The number of pyridine rings is 1. The standard InChI is InChI=1S/C11H16N4O3S/c1-12-10-6-9(4-5-13-10)19(17,18)14-7-11(16)15-8-2-3-8/h4-6,8,14H,2-3,7H2,1H3,(H,12,13)(H,15,16). The van der Waals surface area contributed by atoms with Crippen molar-refractivity contribution in [3.63, 3.8) is 0 Å². The second-order valence-electron chi connectivity index (χ2n) is 4.29. The molecule has 1 aromatic rings. The van der Waals surface area contributed by atoms with Gasteiger partial charge in [0.2, 0.25) is 15.9 Å². The van der Waals surface area contributed by atoms with Gasteiger partial charge in [0.15, 0.2) is 0 Å². The van der Waals surface area contributed by atoms with Crippen molar-refractivity contribution in [2.75, 3.05) is 18.9 Å². The van der Waals surface area contributed by atoms with Gasteiger partial charge in [0.1, 0.15) is 5.82 Å². The van der Waals surface area contributed by atoms with Crippen LogP contribution in [0.4, 0.5) is 5.82 Å². The first-order valence-corrected chi connectivity index (χ1v) is 7.42.